The van der Waals surface area contributed by atoms with E-state index in [4.69, 9.17) is 14.6 Å². The Bertz CT molecular complexity index is 629. The standard InChI is InChI=1S/C17H22N2O5/c1-19(7-6-15(20)21)17(22)18-16(11-2-3-11)12-4-5-13-14(10-12)24-9-8-23-13/h4-5,10-11,16H,2-3,6-9H2,1H3,(H,18,22)(H,20,21). The fraction of sp³-hybridized carbons (Fsp3) is 0.529. The van der Waals surface area contributed by atoms with E-state index in [1.807, 2.05) is 18.2 Å². The number of nitrogens with one attached hydrogen (secondary N) is 1. The number of carbonyl (C=O) groups excluding carboxylic acids is 1. The lowest BCUT2D eigenvalue weighted by atomic mass is 10.0. The van der Waals surface area contributed by atoms with E-state index in [1.54, 1.807) is 7.05 Å². The van der Waals surface area contributed by atoms with Crippen molar-refractivity contribution in [2.24, 2.45) is 5.92 Å². The summed E-state index contributed by atoms with van der Waals surface area (Å²) in [4.78, 5) is 24.4. The van der Waals surface area contributed by atoms with Gasteiger partial charge in [-0.25, -0.2) is 4.79 Å². The first kappa shape index (κ1) is 16.4. The number of hydrogen-bond donors (Lipinski definition) is 2. The second-order valence-electron chi connectivity index (χ2n) is 6.23. The SMILES string of the molecule is CN(CCC(=O)O)C(=O)NC(c1ccc2c(c1)OCCO2)C1CC1. The Morgan fingerprint density at radius 3 is 2.67 bits per heavy atom. The third kappa shape index (κ3) is 3.90. The molecule has 3 rings (SSSR count). The van der Waals surface area contributed by atoms with Crippen LogP contribution >= 0.6 is 0 Å². The van der Waals surface area contributed by atoms with E-state index in [-0.39, 0.29) is 25.0 Å². The summed E-state index contributed by atoms with van der Waals surface area (Å²) in [6.07, 6.45) is 2.07. The van der Waals surface area contributed by atoms with Crippen LogP contribution in [-0.2, 0) is 4.79 Å². The predicted octanol–water partition coefficient (Wildman–Crippen LogP) is 2.02. The van der Waals surface area contributed by atoms with Gasteiger partial charge in [-0.3, -0.25) is 4.79 Å². The minimum atomic E-state index is -0.916. The number of aliphatic carboxylic acids is 1. The zero-order valence-corrected chi connectivity index (χ0v) is 13.7. The number of carboxylic acids is 1. The highest BCUT2D eigenvalue weighted by Gasteiger charge is 2.34. The summed E-state index contributed by atoms with van der Waals surface area (Å²) in [5, 5.41) is 11.8. The molecule has 1 aromatic carbocycles. The van der Waals surface area contributed by atoms with Gasteiger partial charge in [0, 0.05) is 13.6 Å². The molecule has 1 saturated carbocycles. The molecule has 24 heavy (non-hydrogen) atoms. The topological polar surface area (TPSA) is 88.1 Å². The van der Waals surface area contributed by atoms with Crippen molar-refractivity contribution >= 4 is 12.0 Å². The van der Waals surface area contributed by atoms with Crippen LogP contribution in [0.1, 0.15) is 30.9 Å². The monoisotopic (exact) mass is 334 g/mol. The molecule has 2 N–H and O–H groups in total. The van der Waals surface area contributed by atoms with Gasteiger partial charge in [0.25, 0.3) is 0 Å². The van der Waals surface area contributed by atoms with Crippen LogP contribution in [0.3, 0.4) is 0 Å². The fourth-order valence-electron chi connectivity index (χ4n) is 2.76. The molecule has 0 spiro atoms. The summed E-state index contributed by atoms with van der Waals surface area (Å²) < 4.78 is 11.2. The molecule has 0 aromatic heterocycles. The van der Waals surface area contributed by atoms with E-state index in [9.17, 15) is 9.59 Å². The van der Waals surface area contributed by atoms with E-state index in [1.165, 1.54) is 4.90 Å². The summed E-state index contributed by atoms with van der Waals surface area (Å²) in [6, 6.07) is 5.39. The average Bonchev–Trinajstić information content (AvgIpc) is 3.41. The van der Waals surface area contributed by atoms with Crippen molar-refractivity contribution < 1.29 is 24.2 Å². The number of fused-ring (bicyclic) bond motifs is 1. The molecule has 7 nitrogen and oxygen atoms in total. The summed E-state index contributed by atoms with van der Waals surface area (Å²) in [7, 11) is 1.60. The lowest BCUT2D eigenvalue weighted by Crippen LogP contribution is -2.41. The number of hydrogen-bond acceptors (Lipinski definition) is 4. The van der Waals surface area contributed by atoms with Crippen molar-refractivity contribution in [3.8, 4) is 11.5 Å². The lowest BCUT2D eigenvalue weighted by Gasteiger charge is -2.25. The number of benzene rings is 1. The Kier molecular flexibility index (Phi) is 4.78. The van der Waals surface area contributed by atoms with Crippen molar-refractivity contribution in [2.45, 2.75) is 25.3 Å². The Balaban J connectivity index is 1.69. The summed E-state index contributed by atoms with van der Waals surface area (Å²) in [5.41, 5.74) is 0.988. The van der Waals surface area contributed by atoms with Crippen LogP contribution < -0.4 is 14.8 Å². The van der Waals surface area contributed by atoms with Crippen molar-refractivity contribution in [1.82, 2.24) is 10.2 Å². The molecular weight excluding hydrogens is 312 g/mol. The summed E-state index contributed by atoms with van der Waals surface area (Å²) in [6.45, 7) is 1.25. The van der Waals surface area contributed by atoms with Gasteiger partial charge in [0.15, 0.2) is 11.5 Å². The Morgan fingerprint density at radius 2 is 2.00 bits per heavy atom. The number of urea groups is 1. The molecule has 1 aliphatic carbocycles. The van der Waals surface area contributed by atoms with Gasteiger partial charge in [-0.2, -0.15) is 0 Å². The number of rotatable bonds is 6. The number of nitrogens with zero attached hydrogens (tertiary/aromatic N) is 1. The molecular formula is C17H22N2O5. The van der Waals surface area contributed by atoms with E-state index >= 15 is 0 Å². The zero-order valence-electron chi connectivity index (χ0n) is 13.7. The molecule has 0 bridgehead atoms. The van der Waals surface area contributed by atoms with E-state index < -0.39 is 5.97 Å². The number of amides is 2. The van der Waals surface area contributed by atoms with Crippen LogP contribution in [0.25, 0.3) is 0 Å². The maximum absolute atomic E-state index is 12.3. The Labute approximate surface area is 140 Å². The minimum absolute atomic E-state index is 0.0674. The number of ether oxygens (including phenoxy) is 2. The highest BCUT2D eigenvalue weighted by atomic mass is 16.6. The molecule has 1 unspecified atom stereocenters. The Hall–Kier alpha value is -2.44. The molecule has 1 atom stereocenters. The molecule has 1 heterocycles. The summed E-state index contributed by atoms with van der Waals surface area (Å²) in [5.74, 6) is 0.923. The van der Waals surface area contributed by atoms with E-state index in [0.29, 0.717) is 24.9 Å². The van der Waals surface area contributed by atoms with Crippen molar-refractivity contribution in [3.05, 3.63) is 23.8 Å². The van der Waals surface area contributed by atoms with Crippen LogP contribution in [0.15, 0.2) is 18.2 Å². The Morgan fingerprint density at radius 1 is 1.29 bits per heavy atom. The molecule has 1 fully saturated rings. The third-order valence-electron chi connectivity index (χ3n) is 4.31. The van der Waals surface area contributed by atoms with Crippen LogP contribution in [0, 0.1) is 5.92 Å². The summed E-state index contributed by atoms with van der Waals surface area (Å²) >= 11 is 0. The largest absolute Gasteiger partial charge is 0.486 e. The maximum Gasteiger partial charge on any atom is 0.317 e. The number of carboxylic acid groups (broad SMARTS) is 1. The van der Waals surface area contributed by atoms with Gasteiger partial charge in [-0.15, -0.1) is 0 Å². The number of carbonyl (C=O) groups is 2. The lowest BCUT2D eigenvalue weighted by molar-refractivity contribution is -0.137. The van der Waals surface area contributed by atoms with Gasteiger partial charge in [0.2, 0.25) is 0 Å². The van der Waals surface area contributed by atoms with Crippen molar-refractivity contribution in [2.75, 3.05) is 26.8 Å². The van der Waals surface area contributed by atoms with E-state index in [0.717, 1.165) is 24.2 Å². The predicted molar refractivity (Wildman–Crippen MR) is 86.3 cm³/mol. The van der Waals surface area contributed by atoms with Crippen LogP contribution in [0.5, 0.6) is 11.5 Å². The van der Waals surface area contributed by atoms with Gasteiger partial charge in [0.05, 0.1) is 12.5 Å². The van der Waals surface area contributed by atoms with Crippen LogP contribution in [0.2, 0.25) is 0 Å². The first-order valence-electron chi connectivity index (χ1n) is 8.17. The second-order valence-corrected chi connectivity index (χ2v) is 6.23. The van der Waals surface area contributed by atoms with Gasteiger partial charge in [-0.1, -0.05) is 6.07 Å². The van der Waals surface area contributed by atoms with Crippen molar-refractivity contribution in [3.63, 3.8) is 0 Å². The average molecular weight is 334 g/mol. The second kappa shape index (κ2) is 6.98. The molecule has 1 aromatic rings. The van der Waals surface area contributed by atoms with Gasteiger partial charge in [-0.05, 0) is 36.5 Å². The quantitative estimate of drug-likeness (QED) is 0.831. The first-order valence-corrected chi connectivity index (χ1v) is 8.17. The molecule has 0 radical (unpaired) electrons. The highest BCUT2D eigenvalue weighted by Crippen LogP contribution is 2.43. The van der Waals surface area contributed by atoms with Crippen LogP contribution in [0.4, 0.5) is 4.79 Å². The smallest absolute Gasteiger partial charge is 0.317 e. The van der Waals surface area contributed by atoms with E-state index in [2.05, 4.69) is 5.32 Å². The molecule has 130 valence electrons. The maximum atomic E-state index is 12.3. The zero-order chi connectivity index (χ0) is 17.1. The minimum Gasteiger partial charge on any atom is -0.486 e. The van der Waals surface area contributed by atoms with Crippen molar-refractivity contribution in [1.29, 1.82) is 0 Å². The highest BCUT2D eigenvalue weighted by molar-refractivity contribution is 5.75. The fourth-order valence-corrected chi connectivity index (χ4v) is 2.76. The first-order chi connectivity index (χ1) is 11.5. The molecule has 0 saturated heterocycles. The third-order valence-corrected chi connectivity index (χ3v) is 4.31. The van der Waals surface area contributed by atoms with Gasteiger partial charge in [0.1, 0.15) is 13.2 Å². The molecule has 7 heteroatoms. The van der Waals surface area contributed by atoms with Gasteiger partial charge < -0.3 is 24.8 Å². The normalized spacial score (nSPS) is 17.0. The molecule has 1 aliphatic heterocycles. The van der Waals surface area contributed by atoms with Gasteiger partial charge >= 0.3 is 12.0 Å². The molecule has 2 aliphatic rings. The molecule has 2 amide bonds. The van der Waals surface area contributed by atoms with Crippen LogP contribution in [-0.4, -0.2) is 48.8 Å².